The summed E-state index contributed by atoms with van der Waals surface area (Å²) in [7, 11) is 3.20. The normalized spacial score (nSPS) is 12.3. The van der Waals surface area contributed by atoms with Crippen LogP contribution >= 0.6 is 0 Å². The standard InChI is InChI=1S/C25H32FN3O4/c1-4-23-21(17-28(14-15-31-2)16-20(30)18-32-3)25(33-24-13-9-8-12-22(24)26)29(27-23)19-10-6-5-7-11-19/h5-13,20,30H,4,14-18H2,1-3H3. The molecule has 3 rings (SSSR count). The molecule has 0 saturated carbocycles. The molecular formula is C25H32FN3O4. The summed E-state index contributed by atoms with van der Waals surface area (Å²) < 4.78 is 32.7. The average molecular weight is 458 g/mol. The topological polar surface area (TPSA) is 69.0 Å². The zero-order valence-corrected chi connectivity index (χ0v) is 19.4. The Morgan fingerprint density at radius 3 is 2.45 bits per heavy atom. The van der Waals surface area contributed by atoms with Crippen molar-refractivity contribution in [2.75, 3.05) is 40.5 Å². The van der Waals surface area contributed by atoms with Gasteiger partial charge in [-0.25, -0.2) is 9.07 Å². The summed E-state index contributed by atoms with van der Waals surface area (Å²) in [5.74, 6) is 0.127. The Bertz CT molecular complexity index is 997. The molecule has 1 aromatic heterocycles. The van der Waals surface area contributed by atoms with Crippen LogP contribution < -0.4 is 4.74 Å². The number of aliphatic hydroxyl groups is 1. The number of nitrogens with zero attached hydrogens (tertiary/aromatic N) is 3. The Morgan fingerprint density at radius 2 is 1.79 bits per heavy atom. The van der Waals surface area contributed by atoms with Crippen molar-refractivity contribution in [2.24, 2.45) is 0 Å². The molecule has 0 aliphatic heterocycles. The molecule has 0 bridgehead atoms. The lowest BCUT2D eigenvalue weighted by Gasteiger charge is -2.25. The number of hydrogen-bond acceptors (Lipinski definition) is 6. The third kappa shape index (κ3) is 6.61. The van der Waals surface area contributed by atoms with Gasteiger partial charge in [0.2, 0.25) is 5.88 Å². The van der Waals surface area contributed by atoms with Gasteiger partial charge in [-0.15, -0.1) is 0 Å². The molecule has 1 atom stereocenters. The Kier molecular flexibility index (Phi) is 9.38. The number of ether oxygens (including phenoxy) is 3. The molecule has 0 radical (unpaired) electrons. The van der Waals surface area contributed by atoms with Gasteiger partial charge in [-0.2, -0.15) is 5.10 Å². The molecule has 0 aliphatic rings. The molecule has 7 nitrogen and oxygen atoms in total. The van der Waals surface area contributed by atoms with Gasteiger partial charge in [-0.05, 0) is 30.7 Å². The van der Waals surface area contributed by atoms with Crippen LogP contribution in [0.1, 0.15) is 18.2 Å². The van der Waals surface area contributed by atoms with Crippen LogP contribution in [0.4, 0.5) is 4.39 Å². The Balaban J connectivity index is 2.04. The highest BCUT2D eigenvalue weighted by Crippen LogP contribution is 2.33. The number of rotatable bonds is 13. The van der Waals surface area contributed by atoms with E-state index in [1.165, 1.54) is 6.07 Å². The number of para-hydroxylation sites is 2. The number of aryl methyl sites for hydroxylation is 1. The van der Waals surface area contributed by atoms with Gasteiger partial charge < -0.3 is 19.3 Å². The monoisotopic (exact) mass is 457 g/mol. The molecule has 0 fully saturated rings. The summed E-state index contributed by atoms with van der Waals surface area (Å²) in [5, 5.41) is 15.1. The summed E-state index contributed by atoms with van der Waals surface area (Å²) in [4.78, 5) is 2.06. The van der Waals surface area contributed by atoms with Crippen LogP contribution in [-0.4, -0.2) is 66.4 Å². The van der Waals surface area contributed by atoms with Gasteiger partial charge in [0.1, 0.15) is 0 Å². The van der Waals surface area contributed by atoms with Crippen molar-refractivity contribution in [1.82, 2.24) is 14.7 Å². The minimum absolute atomic E-state index is 0.126. The minimum atomic E-state index is -0.656. The first kappa shape index (κ1) is 24.9. The van der Waals surface area contributed by atoms with E-state index in [1.54, 1.807) is 37.1 Å². The fourth-order valence-corrected chi connectivity index (χ4v) is 3.62. The fourth-order valence-electron chi connectivity index (χ4n) is 3.62. The Labute approximate surface area is 194 Å². The van der Waals surface area contributed by atoms with E-state index in [0.717, 1.165) is 16.9 Å². The van der Waals surface area contributed by atoms with Crippen molar-refractivity contribution in [3.8, 4) is 17.3 Å². The predicted molar refractivity (Wildman–Crippen MR) is 124 cm³/mol. The van der Waals surface area contributed by atoms with Gasteiger partial charge in [-0.1, -0.05) is 37.3 Å². The SMILES string of the molecule is CCc1nn(-c2ccccc2)c(Oc2ccccc2F)c1CN(CCOC)CC(O)COC. The van der Waals surface area contributed by atoms with E-state index in [4.69, 9.17) is 19.3 Å². The van der Waals surface area contributed by atoms with Crippen molar-refractivity contribution in [1.29, 1.82) is 0 Å². The van der Waals surface area contributed by atoms with Crippen LogP contribution in [0.2, 0.25) is 0 Å². The largest absolute Gasteiger partial charge is 0.435 e. The number of aromatic nitrogens is 2. The molecule has 3 aromatic rings. The molecule has 178 valence electrons. The Hall–Kier alpha value is -2.78. The molecule has 1 N–H and O–H groups in total. The summed E-state index contributed by atoms with van der Waals surface area (Å²) in [6, 6.07) is 15.9. The van der Waals surface area contributed by atoms with Crippen LogP contribution in [0, 0.1) is 5.82 Å². The molecule has 0 spiro atoms. The smallest absolute Gasteiger partial charge is 0.227 e. The minimum Gasteiger partial charge on any atom is -0.435 e. The van der Waals surface area contributed by atoms with E-state index in [0.29, 0.717) is 38.5 Å². The van der Waals surface area contributed by atoms with Crippen LogP contribution in [0.3, 0.4) is 0 Å². The maximum Gasteiger partial charge on any atom is 0.227 e. The molecule has 0 saturated heterocycles. The maximum absolute atomic E-state index is 14.5. The quantitative estimate of drug-likeness (QED) is 0.421. The second-order valence-electron chi connectivity index (χ2n) is 7.70. The molecular weight excluding hydrogens is 425 g/mol. The number of aliphatic hydroxyl groups excluding tert-OH is 1. The summed E-state index contributed by atoms with van der Waals surface area (Å²) >= 11 is 0. The molecule has 8 heteroatoms. The van der Waals surface area contributed by atoms with Crippen molar-refractivity contribution in [3.05, 3.63) is 71.7 Å². The highest BCUT2D eigenvalue weighted by atomic mass is 19.1. The van der Waals surface area contributed by atoms with Gasteiger partial charge in [-0.3, -0.25) is 4.90 Å². The fraction of sp³-hybridized carbons (Fsp3) is 0.400. The van der Waals surface area contributed by atoms with E-state index in [1.807, 2.05) is 37.3 Å². The molecule has 2 aromatic carbocycles. The third-order valence-corrected chi connectivity index (χ3v) is 5.22. The van der Waals surface area contributed by atoms with Gasteiger partial charge in [0.15, 0.2) is 11.6 Å². The number of hydrogen-bond donors (Lipinski definition) is 1. The van der Waals surface area contributed by atoms with Crippen LogP contribution in [0.5, 0.6) is 11.6 Å². The van der Waals surface area contributed by atoms with E-state index in [2.05, 4.69) is 4.90 Å². The second-order valence-corrected chi connectivity index (χ2v) is 7.70. The lowest BCUT2D eigenvalue weighted by atomic mass is 10.1. The zero-order valence-electron chi connectivity index (χ0n) is 19.4. The highest BCUT2D eigenvalue weighted by Gasteiger charge is 2.24. The van der Waals surface area contributed by atoms with Crippen LogP contribution in [-0.2, 0) is 22.4 Å². The van der Waals surface area contributed by atoms with Gasteiger partial charge >= 0.3 is 0 Å². The van der Waals surface area contributed by atoms with Crippen LogP contribution in [0.25, 0.3) is 5.69 Å². The van der Waals surface area contributed by atoms with E-state index < -0.39 is 11.9 Å². The molecule has 0 aliphatic carbocycles. The predicted octanol–water partition coefficient (Wildman–Crippen LogP) is 3.82. The lowest BCUT2D eigenvalue weighted by Crippen LogP contribution is -2.36. The number of methoxy groups -OCH3 is 2. The number of benzene rings is 2. The zero-order chi connectivity index (χ0) is 23.6. The average Bonchev–Trinajstić information content (AvgIpc) is 3.16. The summed E-state index contributed by atoms with van der Waals surface area (Å²) in [5.41, 5.74) is 2.49. The summed E-state index contributed by atoms with van der Waals surface area (Å²) in [6.45, 7) is 4.17. The van der Waals surface area contributed by atoms with Crippen molar-refractivity contribution >= 4 is 0 Å². The third-order valence-electron chi connectivity index (χ3n) is 5.22. The molecule has 1 unspecified atom stereocenters. The highest BCUT2D eigenvalue weighted by molar-refractivity contribution is 5.44. The lowest BCUT2D eigenvalue weighted by molar-refractivity contribution is 0.0291. The first-order valence-electron chi connectivity index (χ1n) is 11.0. The van der Waals surface area contributed by atoms with Gasteiger partial charge in [0, 0.05) is 33.9 Å². The first-order chi connectivity index (χ1) is 16.1. The van der Waals surface area contributed by atoms with Crippen molar-refractivity contribution in [2.45, 2.75) is 26.0 Å². The van der Waals surface area contributed by atoms with Crippen LogP contribution in [0.15, 0.2) is 54.6 Å². The van der Waals surface area contributed by atoms with Gasteiger partial charge in [0.05, 0.1) is 36.3 Å². The number of halogens is 1. The van der Waals surface area contributed by atoms with Gasteiger partial charge in [0.25, 0.3) is 0 Å². The molecule has 1 heterocycles. The molecule has 33 heavy (non-hydrogen) atoms. The summed E-state index contributed by atoms with van der Waals surface area (Å²) in [6.07, 6.45) is 0.0127. The van der Waals surface area contributed by atoms with Crippen molar-refractivity contribution < 1.29 is 23.7 Å². The Morgan fingerprint density at radius 1 is 1.06 bits per heavy atom. The second kappa shape index (κ2) is 12.5. The molecule has 0 amide bonds. The first-order valence-corrected chi connectivity index (χ1v) is 11.0. The maximum atomic E-state index is 14.5. The van der Waals surface area contributed by atoms with E-state index in [9.17, 15) is 9.50 Å². The van der Waals surface area contributed by atoms with Crippen molar-refractivity contribution in [3.63, 3.8) is 0 Å². The van der Waals surface area contributed by atoms with E-state index in [-0.39, 0.29) is 12.4 Å². The van der Waals surface area contributed by atoms with E-state index >= 15 is 0 Å².